The second-order valence-electron chi connectivity index (χ2n) is 5.02. The van der Waals surface area contributed by atoms with Crippen LogP contribution in [0.1, 0.15) is 0 Å². The summed E-state index contributed by atoms with van der Waals surface area (Å²) in [5, 5.41) is 6.14. The third-order valence-electron chi connectivity index (χ3n) is 3.77. The van der Waals surface area contributed by atoms with Crippen LogP contribution in [0.25, 0.3) is 0 Å². The first-order valence-corrected chi connectivity index (χ1v) is 6.24. The molecule has 5 heteroatoms. The lowest BCUT2D eigenvalue weighted by Crippen LogP contribution is -2.35. The number of hydrogen-bond donors (Lipinski definition) is 2. The highest BCUT2D eigenvalue weighted by Gasteiger charge is 2.37. The maximum absolute atomic E-state index is 12.8. The minimum absolute atomic E-state index is 0.0870. The topological polar surface area (TPSA) is 44.4 Å². The van der Waals surface area contributed by atoms with Gasteiger partial charge in [-0.2, -0.15) is 0 Å². The summed E-state index contributed by atoms with van der Waals surface area (Å²) < 4.78 is 12.8. The molecule has 0 spiro atoms. The van der Waals surface area contributed by atoms with Crippen LogP contribution in [-0.4, -0.2) is 37.1 Å². The number of benzene rings is 1. The summed E-state index contributed by atoms with van der Waals surface area (Å²) in [6.07, 6.45) is 0. The van der Waals surface area contributed by atoms with E-state index in [-0.39, 0.29) is 11.8 Å². The molecule has 2 N–H and O–H groups in total. The molecule has 2 fully saturated rings. The molecular weight excluding hydrogens is 233 g/mol. The lowest BCUT2D eigenvalue weighted by Gasteiger charge is -2.18. The first-order chi connectivity index (χ1) is 8.72. The molecule has 3 rings (SSSR count). The molecule has 2 saturated heterocycles. The Morgan fingerprint density at radius 2 is 1.83 bits per heavy atom. The number of likely N-dealkylation sites (tertiary alicyclic amines) is 1. The Hall–Kier alpha value is -1.62. The van der Waals surface area contributed by atoms with Crippen molar-refractivity contribution >= 4 is 11.7 Å². The van der Waals surface area contributed by atoms with E-state index in [1.54, 1.807) is 12.1 Å². The van der Waals surface area contributed by atoms with Crippen LogP contribution >= 0.6 is 0 Å². The number of hydrogen-bond acceptors (Lipinski definition) is 2. The standard InChI is InChI=1S/C13H16FN3O/c14-11-1-3-12(4-2-11)16-13(18)17-7-9-5-15-6-10(9)8-17/h1-4,9-10,15H,5-8H2,(H,16,18)/t9-,10+. The summed E-state index contributed by atoms with van der Waals surface area (Å²) >= 11 is 0. The third-order valence-corrected chi connectivity index (χ3v) is 3.77. The summed E-state index contributed by atoms with van der Waals surface area (Å²) in [5.41, 5.74) is 0.636. The highest BCUT2D eigenvalue weighted by atomic mass is 19.1. The second-order valence-corrected chi connectivity index (χ2v) is 5.02. The van der Waals surface area contributed by atoms with Crippen LogP contribution in [-0.2, 0) is 0 Å². The molecule has 0 aromatic heterocycles. The number of carbonyl (C=O) groups is 1. The van der Waals surface area contributed by atoms with Crippen molar-refractivity contribution in [1.82, 2.24) is 10.2 Å². The van der Waals surface area contributed by atoms with Gasteiger partial charge in [-0.1, -0.05) is 0 Å². The molecule has 2 heterocycles. The molecule has 18 heavy (non-hydrogen) atoms. The maximum Gasteiger partial charge on any atom is 0.321 e. The van der Waals surface area contributed by atoms with Gasteiger partial charge in [-0.15, -0.1) is 0 Å². The molecule has 2 aliphatic heterocycles. The molecule has 2 atom stereocenters. The van der Waals surface area contributed by atoms with Crippen molar-refractivity contribution in [1.29, 1.82) is 0 Å². The largest absolute Gasteiger partial charge is 0.324 e. The molecule has 96 valence electrons. The first-order valence-electron chi connectivity index (χ1n) is 6.24. The SMILES string of the molecule is O=C(Nc1ccc(F)cc1)N1C[C@H]2CNC[C@H]2C1. The minimum atomic E-state index is -0.297. The van der Waals surface area contributed by atoms with Crippen molar-refractivity contribution < 1.29 is 9.18 Å². The predicted molar refractivity (Wildman–Crippen MR) is 66.8 cm³/mol. The van der Waals surface area contributed by atoms with Gasteiger partial charge in [0.25, 0.3) is 0 Å². The van der Waals surface area contributed by atoms with Crippen molar-refractivity contribution in [2.45, 2.75) is 0 Å². The molecule has 4 nitrogen and oxygen atoms in total. The smallest absolute Gasteiger partial charge is 0.321 e. The van der Waals surface area contributed by atoms with Crippen molar-refractivity contribution in [3.05, 3.63) is 30.1 Å². The number of nitrogens with one attached hydrogen (secondary N) is 2. The van der Waals surface area contributed by atoms with E-state index in [1.165, 1.54) is 12.1 Å². The third kappa shape index (κ3) is 2.18. The normalized spacial score (nSPS) is 26.2. The average molecular weight is 249 g/mol. The number of nitrogens with zero attached hydrogens (tertiary/aromatic N) is 1. The van der Waals surface area contributed by atoms with Gasteiger partial charge in [-0.25, -0.2) is 9.18 Å². The van der Waals surface area contributed by atoms with Crippen LogP contribution < -0.4 is 10.6 Å². The average Bonchev–Trinajstić information content (AvgIpc) is 2.92. The van der Waals surface area contributed by atoms with E-state index in [1.807, 2.05) is 4.90 Å². The van der Waals surface area contributed by atoms with Gasteiger partial charge < -0.3 is 15.5 Å². The Kier molecular flexibility index (Phi) is 2.91. The van der Waals surface area contributed by atoms with E-state index in [0.29, 0.717) is 17.5 Å². The number of anilines is 1. The van der Waals surface area contributed by atoms with E-state index >= 15 is 0 Å². The number of rotatable bonds is 1. The number of carbonyl (C=O) groups excluding carboxylic acids is 1. The monoisotopic (exact) mass is 249 g/mol. The summed E-state index contributed by atoms with van der Waals surface area (Å²) in [5.74, 6) is 0.878. The number of fused-ring (bicyclic) bond motifs is 1. The van der Waals surface area contributed by atoms with Gasteiger partial charge in [0.1, 0.15) is 5.82 Å². The molecule has 1 aromatic rings. The summed E-state index contributed by atoms with van der Waals surface area (Å²) in [6, 6.07) is 5.75. The Bertz CT molecular complexity index is 436. The van der Waals surface area contributed by atoms with Crippen LogP contribution in [0.15, 0.2) is 24.3 Å². The Morgan fingerprint density at radius 1 is 1.22 bits per heavy atom. The lowest BCUT2D eigenvalue weighted by atomic mass is 10.0. The highest BCUT2D eigenvalue weighted by Crippen LogP contribution is 2.26. The molecule has 1 aromatic carbocycles. The summed E-state index contributed by atoms with van der Waals surface area (Å²) in [6.45, 7) is 3.63. The van der Waals surface area contributed by atoms with Crippen LogP contribution in [0.3, 0.4) is 0 Å². The number of amides is 2. The number of urea groups is 1. The second kappa shape index (κ2) is 4.57. The van der Waals surface area contributed by atoms with E-state index < -0.39 is 0 Å². The fraction of sp³-hybridized carbons (Fsp3) is 0.462. The van der Waals surface area contributed by atoms with Gasteiger partial charge in [-0.05, 0) is 36.1 Å². The van der Waals surface area contributed by atoms with Crippen molar-refractivity contribution in [2.24, 2.45) is 11.8 Å². The minimum Gasteiger partial charge on any atom is -0.324 e. The zero-order valence-electron chi connectivity index (χ0n) is 10.0. The zero-order valence-corrected chi connectivity index (χ0v) is 10.0. The highest BCUT2D eigenvalue weighted by molar-refractivity contribution is 5.89. The Labute approximate surface area is 105 Å². The lowest BCUT2D eigenvalue weighted by molar-refractivity contribution is 0.219. The van der Waals surface area contributed by atoms with E-state index in [0.717, 1.165) is 26.2 Å². The van der Waals surface area contributed by atoms with Gasteiger partial charge in [0.2, 0.25) is 0 Å². The molecule has 0 unspecified atom stereocenters. The van der Waals surface area contributed by atoms with Gasteiger partial charge in [0, 0.05) is 31.9 Å². The van der Waals surface area contributed by atoms with Gasteiger partial charge in [0.15, 0.2) is 0 Å². The fourth-order valence-corrected chi connectivity index (χ4v) is 2.76. The summed E-state index contributed by atoms with van der Waals surface area (Å²) in [7, 11) is 0. The van der Waals surface area contributed by atoms with Gasteiger partial charge in [0.05, 0.1) is 0 Å². The van der Waals surface area contributed by atoms with Crippen LogP contribution in [0, 0.1) is 17.7 Å². The molecule has 0 aliphatic carbocycles. The zero-order chi connectivity index (χ0) is 12.5. The Morgan fingerprint density at radius 3 is 2.44 bits per heavy atom. The fourth-order valence-electron chi connectivity index (χ4n) is 2.76. The molecule has 0 radical (unpaired) electrons. The first kappa shape index (κ1) is 11.5. The van der Waals surface area contributed by atoms with Crippen LogP contribution in [0.5, 0.6) is 0 Å². The quantitative estimate of drug-likeness (QED) is 0.792. The molecular formula is C13H16FN3O. The van der Waals surface area contributed by atoms with E-state index in [2.05, 4.69) is 10.6 Å². The Balaban J connectivity index is 1.60. The molecule has 2 aliphatic rings. The molecule has 0 saturated carbocycles. The van der Waals surface area contributed by atoms with Gasteiger partial charge in [-0.3, -0.25) is 0 Å². The van der Waals surface area contributed by atoms with Crippen molar-refractivity contribution in [3.8, 4) is 0 Å². The van der Waals surface area contributed by atoms with Crippen molar-refractivity contribution in [2.75, 3.05) is 31.5 Å². The number of halogens is 1. The van der Waals surface area contributed by atoms with Crippen LogP contribution in [0.4, 0.5) is 14.9 Å². The van der Waals surface area contributed by atoms with E-state index in [9.17, 15) is 9.18 Å². The van der Waals surface area contributed by atoms with Crippen LogP contribution in [0.2, 0.25) is 0 Å². The predicted octanol–water partition coefficient (Wildman–Crippen LogP) is 1.51. The van der Waals surface area contributed by atoms with Crippen molar-refractivity contribution in [3.63, 3.8) is 0 Å². The molecule has 2 amide bonds. The maximum atomic E-state index is 12.8. The molecule has 0 bridgehead atoms. The van der Waals surface area contributed by atoms with E-state index in [4.69, 9.17) is 0 Å². The van der Waals surface area contributed by atoms with Gasteiger partial charge >= 0.3 is 6.03 Å². The summed E-state index contributed by atoms with van der Waals surface area (Å²) in [4.78, 5) is 13.9.